The zero-order valence-electron chi connectivity index (χ0n) is 12.2. The van der Waals surface area contributed by atoms with Crippen LogP contribution in [-0.4, -0.2) is 11.2 Å². The fourth-order valence-electron chi connectivity index (χ4n) is 2.55. The summed E-state index contributed by atoms with van der Waals surface area (Å²) in [5, 5.41) is 1.05. The Labute approximate surface area is 123 Å². The van der Waals surface area contributed by atoms with Crippen LogP contribution in [0.15, 0.2) is 59.4 Å². The summed E-state index contributed by atoms with van der Waals surface area (Å²) in [5.74, 6) is 0.783. The van der Waals surface area contributed by atoms with Crippen LogP contribution >= 0.6 is 0 Å². The third-order valence-electron chi connectivity index (χ3n) is 3.59. The van der Waals surface area contributed by atoms with Gasteiger partial charge in [-0.05, 0) is 42.1 Å². The number of hydrogen-bond donors (Lipinski definition) is 0. The van der Waals surface area contributed by atoms with Crippen molar-refractivity contribution in [2.75, 3.05) is 6.61 Å². The molecule has 0 aliphatic heterocycles. The van der Waals surface area contributed by atoms with Crippen LogP contribution in [0, 0.1) is 0 Å². The van der Waals surface area contributed by atoms with E-state index in [0.717, 1.165) is 22.2 Å². The highest BCUT2D eigenvalue weighted by molar-refractivity contribution is 5.84. The van der Waals surface area contributed by atoms with Gasteiger partial charge in [-0.3, -0.25) is 4.79 Å². The van der Waals surface area contributed by atoms with Gasteiger partial charge in [-0.15, -0.1) is 0 Å². The number of ether oxygens (including phenoxy) is 1. The summed E-state index contributed by atoms with van der Waals surface area (Å²) in [6.45, 7) is 2.56. The molecule has 3 heteroatoms. The van der Waals surface area contributed by atoms with Crippen molar-refractivity contribution in [2.24, 2.45) is 7.05 Å². The summed E-state index contributed by atoms with van der Waals surface area (Å²) in [6, 6.07) is 17.5. The normalized spacial score (nSPS) is 10.8. The summed E-state index contributed by atoms with van der Waals surface area (Å²) >= 11 is 0. The number of aryl methyl sites for hydroxylation is 1. The highest BCUT2D eigenvalue weighted by Crippen LogP contribution is 2.24. The van der Waals surface area contributed by atoms with Gasteiger partial charge in [0.2, 0.25) is 0 Å². The maximum atomic E-state index is 12.6. The molecule has 0 bridgehead atoms. The third-order valence-corrected chi connectivity index (χ3v) is 3.59. The van der Waals surface area contributed by atoms with Crippen molar-refractivity contribution >= 4 is 10.9 Å². The van der Waals surface area contributed by atoms with Gasteiger partial charge >= 0.3 is 0 Å². The number of para-hydroxylation sites is 1. The number of hydrogen-bond acceptors (Lipinski definition) is 2. The molecule has 0 fully saturated rings. The van der Waals surface area contributed by atoms with Gasteiger partial charge in [-0.2, -0.15) is 0 Å². The molecule has 0 amide bonds. The molecule has 0 N–H and O–H groups in total. The average molecular weight is 279 g/mol. The fraction of sp³-hybridized carbons (Fsp3) is 0.167. The van der Waals surface area contributed by atoms with Gasteiger partial charge in [0.1, 0.15) is 5.75 Å². The van der Waals surface area contributed by atoms with Crippen LogP contribution in [-0.2, 0) is 7.05 Å². The Morgan fingerprint density at radius 3 is 2.67 bits per heavy atom. The first kappa shape index (κ1) is 13.4. The lowest BCUT2D eigenvalue weighted by Crippen LogP contribution is -2.18. The maximum Gasteiger partial charge on any atom is 0.258 e. The number of fused-ring (bicyclic) bond motifs is 1. The van der Waals surface area contributed by atoms with Crippen molar-refractivity contribution in [2.45, 2.75) is 6.92 Å². The Morgan fingerprint density at radius 2 is 1.86 bits per heavy atom. The van der Waals surface area contributed by atoms with Crippen LogP contribution in [0.4, 0.5) is 0 Å². The van der Waals surface area contributed by atoms with Crippen molar-refractivity contribution in [1.29, 1.82) is 0 Å². The van der Waals surface area contributed by atoms with Gasteiger partial charge in [0.15, 0.2) is 0 Å². The summed E-state index contributed by atoms with van der Waals surface area (Å²) in [5.41, 5.74) is 2.51. The first-order valence-corrected chi connectivity index (χ1v) is 7.02. The molecule has 21 heavy (non-hydrogen) atoms. The van der Waals surface area contributed by atoms with E-state index in [1.54, 1.807) is 11.6 Å². The minimum atomic E-state index is 0.00217. The molecule has 0 aliphatic rings. The van der Waals surface area contributed by atoms with Gasteiger partial charge in [-0.25, -0.2) is 0 Å². The van der Waals surface area contributed by atoms with Gasteiger partial charge in [0.05, 0.1) is 12.1 Å². The second-order valence-corrected chi connectivity index (χ2v) is 4.94. The minimum Gasteiger partial charge on any atom is -0.494 e. The zero-order chi connectivity index (χ0) is 14.8. The van der Waals surface area contributed by atoms with E-state index in [-0.39, 0.29) is 5.56 Å². The Bertz CT molecular complexity index is 849. The lowest BCUT2D eigenvalue weighted by molar-refractivity contribution is 0.340. The largest absolute Gasteiger partial charge is 0.494 e. The van der Waals surface area contributed by atoms with Crippen LogP contribution in [0.2, 0.25) is 0 Å². The molecule has 0 unspecified atom stereocenters. The molecule has 3 rings (SSSR count). The molecule has 0 saturated heterocycles. The molecular formula is C18H17NO2. The number of rotatable bonds is 3. The second-order valence-electron chi connectivity index (χ2n) is 4.94. The Morgan fingerprint density at radius 1 is 1.05 bits per heavy atom. The summed E-state index contributed by atoms with van der Waals surface area (Å²) in [4.78, 5) is 12.6. The second kappa shape index (κ2) is 5.44. The Hall–Kier alpha value is -2.55. The van der Waals surface area contributed by atoms with E-state index >= 15 is 0 Å². The van der Waals surface area contributed by atoms with E-state index in [2.05, 4.69) is 0 Å². The number of aromatic nitrogens is 1. The van der Waals surface area contributed by atoms with Gasteiger partial charge < -0.3 is 9.30 Å². The average Bonchev–Trinajstić information content (AvgIpc) is 2.51. The van der Waals surface area contributed by atoms with Gasteiger partial charge in [0.25, 0.3) is 5.56 Å². The number of benzene rings is 2. The zero-order valence-corrected chi connectivity index (χ0v) is 12.2. The molecule has 0 aliphatic carbocycles. The van der Waals surface area contributed by atoms with Gasteiger partial charge in [-0.1, -0.05) is 30.3 Å². The SMILES string of the molecule is CCOc1cccc(-c2cc3ccccc3n(C)c2=O)c1. The Balaban J connectivity index is 2.23. The molecule has 0 radical (unpaired) electrons. The first-order valence-electron chi connectivity index (χ1n) is 7.02. The van der Waals surface area contributed by atoms with Crippen LogP contribution < -0.4 is 10.3 Å². The van der Waals surface area contributed by atoms with E-state index in [9.17, 15) is 4.79 Å². The van der Waals surface area contributed by atoms with Crippen molar-refractivity contribution in [3.05, 3.63) is 65.0 Å². The van der Waals surface area contributed by atoms with E-state index in [1.807, 2.05) is 61.5 Å². The van der Waals surface area contributed by atoms with E-state index < -0.39 is 0 Å². The topological polar surface area (TPSA) is 31.2 Å². The monoisotopic (exact) mass is 279 g/mol. The first-order chi connectivity index (χ1) is 10.2. The molecule has 106 valence electrons. The molecule has 1 aromatic heterocycles. The lowest BCUT2D eigenvalue weighted by Gasteiger charge is -2.10. The van der Waals surface area contributed by atoms with Crippen LogP contribution in [0.1, 0.15) is 6.92 Å². The maximum absolute atomic E-state index is 12.6. The summed E-state index contributed by atoms with van der Waals surface area (Å²) in [6.07, 6.45) is 0. The number of pyridine rings is 1. The van der Waals surface area contributed by atoms with Crippen LogP contribution in [0.3, 0.4) is 0 Å². The van der Waals surface area contributed by atoms with Crippen molar-refractivity contribution < 1.29 is 4.74 Å². The minimum absolute atomic E-state index is 0.00217. The standard InChI is InChI=1S/C18H17NO2/c1-3-21-15-9-6-8-13(11-15)16-12-14-7-4-5-10-17(14)19(2)18(16)20/h4-12H,3H2,1-2H3. The molecule has 2 aromatic carbocycles. The third kappa shape index (κ3) is 2.42. The van der Waals surface area contributed by atoms with Gasteiger partial charge in [0, 0.05) is 12.6 Å². The molecule has 3 aromatic rings. The number of nitrogens with zero attached hydrogens (tertiary/aromatic N) is 1. The predicted octanol–water partition coefficient (Wildman–Crippen LogP) is 3.60. The van der Waals surface area contributed by atoms with Crippen molar-refractivity contribution in [3.63, 3.8) is 0 Å². The quantitative estimate of drug-likeness (QED) is 0.733. The summed E-state index contributed by atoms with van der Waals surface area (Å²) in [7, 11) is 1.81. The van der Waals surface area contributed by atoms with Crippen LogP contribution in [0.25, 0.3) is 22.0 Å². The molecule has 0 spiro atoms. The van der Waals surface area contributed by atoms with Crippen molar-refractivity contribution in [3.8, 4) is 16.9 Å². The molecule has 3 nitrogen and oxygen atoms in total. The summed E-state index contributed by atoms with van der Waals surface area (Å²) < 4.78 is 7.21. The predicted molar refractivity (Wildman–Crippen MR) is 85.8 cm³/mol. The van der Waals surface area contributed by atoms with Crippen molar-refractivity contribution in [1.82, 2.24) is 4.57 Å². The highest BCUT2D eigenvalue weighted by atomic mass is 16.5. The van der Waals surface area contributed by atoms with Crippen LogP contribution in [0.5, 0.6) is 5.75 Å². The lowest BCUT2D eigenvalue weighted by atomic mass is 10.0. The van der Waals surface area contributed by atoms with E-state index in [1.165, 1.54) is 0 Å². The van der Waals surface area contributed by atoms with E-state index in [4.69, 9.17) is 4.74 Å². The molecular weight excluding hydrogens is 262 g/mol. The molecule has 1 heterocycles. The molecule has 0 atom stereocenters. The highest BCUT2D eigenvalue weighted by Gasteiger charge is 2.09. The van der Waals surface area contributed by atoms with E-state index in [0.29, 0.717) is 12.2 Å². The fourth-order valence-corrected chi connectivity index (χ4v) is 2.55. The smallest absolute Gasteiger partial charge is 0.258 e. The molecule has 0 saturated carbocycles. The Kier molecular flexibility index (Phi) is 3.48.